The van der Waals surface area contributed by atoms with Crippen LogP contribution in [0.25, 0.3) is 0 Å². The fourth-order valence-corrected chi connectivity index (χ4v) is 3.58. The largest absolute Gasteiger partial charge is 0.462 e. The number of likely N-dealkylation sites (N-methyl/N-ethyl adjacent to an activating group) is 1. The molecule has 0 aliphatic heterocycles. The van der Waals surface area contributed by atoms with E-state index in [2.05, 4.69) is 28.7 Å². The smallest absolute Gasteiger partial charge is 0.344 e. The van der Waals surface area contributed by atoms with Gasteiger partial charge in [0, 0.05) is 12.1 Å². The zero-order valence-electron chi connectivity index (χ0n) is 12.9. The number of nitrogen functional groups attached to an aromatic ring is 1. The quantitative estimate of drug-likeness (QED) is 0.784. The van der Waals surface area contributed by atoms with Gasteiger partial charge in [-0.15, -0.1) is 0 Å². The lowest BCUT2D eigenvalue weighted by atomic mass is 9.96. The van der Waals surface area contributed by atoms with Gasteiger partial charge >= 0.3 is 5.97 Å². The third-order valence-electron chi connectivity index (χ3n) is 4.26. The predicted octanol–water partition coefficient (Wildman–Crippen LogP) is 2.19. The molecule has 1 saturated carbocycles. The average molecular weight is 312 g/mol. The summed E-state index contributed by atoms with van der Waals surface area (Å²) in [5.74, 6) is -0.164. The lowest BCUT2D eigenvalue weighted by Crippen LogP contribution is -2.47. The Balaban J connectivity index is 2.11. The number of rotatable bonds is 6. The first-order valence-electron chi connectivity index (χ1n) is 7.34. The van der Waals surface area contributed by atoms with Crippen LogP contribution in [0.2, 0.25) is 0 Å². The molecule has 118 valence electrons. The van der Waals surface area contributed by atoms with Gasteiger partial charge in [0.2, 0.25) is 0 Å². The van der Waals surface area contributed by atoms with Gasteiger partial charge in [-0.3, -0.25) is 0 Å². The Morgan fingerprint density at radius 1 is 1.48 bits per heavy atom. The normalized spacial score (nSPS) is 17.1. The van der Waals surface area contributed by atoms with Crippen molar-refractivity contribution in [3.05, 3.63) is 5.56 Å². The van der Waals surface area contributed by atoms with E-state index in [1.807, 2.05) is 0 Å². The van der Waals surface area contributed by atoms with E-state index in [9.17, 15) is 4.79 Å². The van der Waals surface area contributed by atoms with Crippen LogP contribution in [0.3, 0.4) is 0 Å². The lowest BCUT2D eigenvalue weighted by Gasteiger charge is -2.36. The van der Waals surface area contributed by atoms with Crippen molar-refractivity contribution in [1.29, 1.82) is 0 Å². The second-order valence-electron chi connectivity index (χ2n) is 5.67. The molecule has 0 atom stereocenters. The number of esters is 1. The summed E-state index contributed by atoms with van der Waals surface area (Å²) in [5.41, 5.74) is 6.31. The van der Waals surface area contributed by atoms with E-state index in [0.717, 1.165) is 19.4 Å². The van der Waals surface area contributed by atoms with E-state index in [1.54, 1.807) is 6.92 Å². The van der Waals surface area contributed by atoms with Gasteiger partial charge in [0.15, 0.2) is 5.82 Å². The van der Waals surface area contributed by atoms with Crippen molar-refractivity contribution in [2.24, 2.45) is 0 Å². The molecule has 6 nitrogen and oxygen atoms in total. The Labute approximate surface area is 129 Å². The average Bonchev–Trinajstić information content (AvgIpc) is 3.04. The first-order valence-corrected chi connectivity index (χ1v) is 8.11. The lowest BCUT2D eigenvalue weighted by molar-refractivity contribution is 0.0529. The molecule has 0 spiro atoms. The number of nitrogens with two attached hydrogens (primary N) is 1. The van der Waals surface area contributed by atoms with Crippen molar-refractivity contribution >= 4 is 28.3 Å². The van der Waals surface area contributed by atoms with E-state index in [4.69, 9.17) is 10.5 Å². The SMILES string of the molecule is CCOC(=O)c1c(N)nsc1NCC1(N(C)C)CCCC1. The second-order valence-corrected chi connectivity index (χ2v) is 6.45. The Kier molecular flexibility index (Phi) is 5.05. The van der Waals surface area contributed by atoms with E-state index in [0.29, 0.717) is 17.2 Å². The molecule has 2 rings (SSSR count). The minimum atomic E-state index is -0.406. The first-order chi connectivity index (χ1) is 10.00. The molecule has 1 aromatic rings. The highest BCUT2D eigenvalue weighted by Gasteiger charge is 2.36. The molecule has 1 heterocycles. The number of carbonyl (C=O) groups is 1. The van der Waals surface area contributed by atoms with Gasteiger partial charge in [-0.05, 0) is 45.4 Å². The van der Waals surface area contributed by atoms with Gasteiger partial charge in [-0.25, -0.2) is 4.79 Å². The third-order valence-corrected chi connectivity index (χ3v) is 5.08. The number of hydrogen-bond donors (Lipinski definition) is 2. The van der Waals surface area contributed by atoms with Crippen LogP contribution in [0.5, 0.6) is 0 Å². The number of aromatic nitrogens is 1. The molecule has 0 saturated heterocycles. The topological polar surface area (TPSA) is 80.5 Å². The summed E-state index contributed by atoms with van der Waals surface area (Å²) < 4.78 is 9.12. The van der Waals surface area contributed by atoms with Gasteiger partial charge in [0.1, 0.15) is 10.6 Å². The highest BCUT2D eigenvalue weighted by Crippen LogP contribution is 2.35. The van der Waals surface area contributed by atoms with Crippen molar-refractivity contribution in [2.45, 2.75) is 38.1 Å². The monoisotopic (exact) mass is 312 g/mol. The molecule has 1 aromatic heterocycles. The summed E-state index contributed by atoms with van der Waals surface area (Å²) in [6, 6.07) is 0. The zero-order valence-corrected chi connectivity index (χ0v) is 13.8. The number of ether oxygens (including phenoxy) is 1. The molecule has 3 N–H and O–H groups in total. The van der Waals surface area contributed by atoms with Crippen molar-refractivity contribution in [1.82, 2.24) is 9.27 Å². The van der Waals surface area contributed by atoms with Gasteiger partial charge in [-0.2, -0.15) is 4.37 Å². The zero-order chi connectivity index (χ0) is 15.5. The Hall–Kier alpha value is -1.34. The highest BCUT2D eigenvalue weighted by atomic mass is 32.1. The number of carbonyl (C=O) groups excluding carboxylic acids is 1. The predicted molar refractivity (Wildman–Crippen MR) is 85.9 cm³/mol. The Morgan fingerprint density at radius 2 is 2.14 bits per heavy atom. The van der Waals surface area contributed by atoms with Crippen LogP contribution in [0, 0.1) is 0 Å². The minimum Gasteiger partial charge on any atom is -0.462 e. The van der Waals surface area contributed by atoms with Crippen molar-refractivity contribution in [3.63, 3.8) is 0 Å². The molecular weight excluding hydrogens is 288 g/mol. The summed E-state index contributed by atoms with van der Waals surface area (Å²) >= 11 is 1.22. The van der Waals surface area contributed by atoms with E-state index < -0.39 is 5.97 Å². The Bertz CT molecular complexity index is 495. The third kappa shape index (κ3) is 3.29. The number of nitrogens with one attached hydrogen (secondary N) is 1. The van der Waals surface area contributed by atoms with Crippen LogP contribution in [0.15, 0.2) is 0 Å². The maximum absolute atomic E-state index is 12.0. The number of hydrogen-bond acceptors (Lipinski definition) is 7. The molecule has 1 fully saturated rings. The molecule has 7 heteroatoms. The first kappa shape index (κ1) is 16.0. The maximum atomic E-state index is 12.0. The van der Waals surface area contributed by atoms with Crippen molar-refractivity contribution < 1.29 is 9.53 Å². The van der Waals surface area contributed by atoms with Crippen LogP contribution < -0.4 is 11.1 Å². The fourth-order valence-electron chi connectivity index (χ4n) is 2.88. The minimum absolute atomic E-state index is 0.144. The van der Waals surface area contributed by atoms with Crippen LogP contribution >= 0.6 is 11.5 Å². The molecule has 1 aliphatic rings. The van der Waals surface area contributed by atoms with Gasteiger partial charge in [0.25, 0.3) is 0 Å². The van der Waals surface area contributed by atoms with Gasteiger partial charge in [0.05, 0.1) is 6.61 Å². The van der Waals surface area contributed by atoms with Gasteiger partial charge in [-0.1, -0.05) is 12.8 Å². The molecule has 0 radical (unpaired) electrons. The summed E-state index contributed by atoms with van der Waals surface area (Å²) in [5, 5.41) is 4.08. The summed E-state index contributed by atoms with van der Waals surface area (Å²) in [6.45, 7) is 2.89. The summed E-state index contributed by atoms with van der Waals surface area (Å²) in [6.07, 6.45) is 4.82. The summed E-state index contributed by atoms with van der Waals surface area (Å²) in [4.78, 5) is 14.3. The molecule has 0 bridgehead atoms. The van der Waals surface area contributed by atoms with E-state index in [1.165, 1.54) is 24.4 Å². The molecular formula is C14H24N4O2S. The van der Waals surface area contributed by atoms with Crippen LogP contribution in [-0.4, -0.2) is 48.0 Å². The molecule has 0 aromatic carbocycles. The fraction of sp³-hybridized carbons (Fsp3) is 0.714. The maximum Gasteiger partial charge on any atom is 0.344 e. The summed E-state index contributed by atoms with van der Waals surface area (Å²) in [7, 11) is 4.22. The van der Waals surface area contributed by atoms with Crippen LogP contribution in [-0.2, 0) is 4.74 Å². The van der Waals surface area contributed by atoms with Gasteiger partial charge < -0.3 is 20.7 Å². The molecule has 0 unspecified atom stereocenters. The molecule has 0 amide bonds. The highest BCUT2D eigenvalue weighted by molar-refractivity contribution is 7.11. The second kappa shape index (κ2) is 6.62. The van der Waals surface area contributed by atoms with Crippen LogP contribution in [0.1, 0.15) is 43.0 Å². The Morgan fingerprint density at radius 3 is 2.71 bits per heavy atom. The standard InChI is InChI=1S/C14H24N4O2S/c1-4-20-13(19)10-11(15)17-21-12(10)16-9-14(18(2)3)7-5-6-8-14/h16H,4-9H2,1-3H3,(H2,15,17). The molecule has 21 heavy (non-hydrogen) atoms. The van der Waals surface area contributed by atoms with Crippen LogP contribution in [0.4, 0.5) is 10.8 Å². The van der Waals surface area contributed by atoms with E-state index >= 15 is 0 Å². The van der Waals surface area contributed by atoms with Crippen molar-refractivity contribution in [2.75, 3.05) is 38.3 Å². The molecule has 1 aliphatic carbocycles. The van der Waals surface area contributed by atoms with Crippen molar-refractivity contribution in [3.8, 4) is 0 Å². The number of nitrogens with zero attached hydrogens (tertiary/aromatic N) is 2. The number of anilines is 2. The van der Waals surface area contributed by atoms with E-state index in [-0.39, 0.29) is 11.4 Å².